The average molecular weight is 407 g/mol. The Balaban J connectivity index is 1.38. The highest BCUT2D eigenvalue weighted by Gasteiger charge is 2.39. The van der Waals surface area contributed by atoms with Crippen LogP contribution in [0.25, 0.3) is 11.1 Å². The summed E-state index contributed by atoms with van der Waals surface area (Å²) in [5.41, 5.74) is 9.90. The van der Waals surface area contributed by atoms with Crippen molar-refractivity contribution in [3.63, 3.8) is 0 Å². The molecule has 1 unspecified atom stereocenters. The van der Waals surface area contributed by atoms with Gasteiger partial charge in [0, 0.05) is 75.8 Å². The fourth-order valence-corrected chi connectivity index (χ4v) is 4.55. The van der Waals surface area contributed by atoms with Crippen molar-refractivity contribution in [3.05, 3.63) is 47.9 Å². The van der Waals surface area contributed by atoms with Gasteiger partial charge in [0.25, 0.3) is 0 Å². The molecule has 0 radical (unpaired) electrons. The van der Waals surface area contributed by atoms with Gasteiger partial charge in [-0.05, 0) is 36.5 Å². The number of carbonyl (C=O) groups is 1. The van der Waals surface area contributed by atoms with Crippen LogP contribution in [-0.2, 0) is 11.8 Å². The van der Waals surface area contributed by atoms with Crippen LogP contribution in [-0.4, -0.2) is 58.4 Å². The Morgan fingerprint density at radius 2 is 2.00 bits per heavy atom. The molecule has 1 atom stereocenters. The zero-order valence-electron chi connectivity index (χ0n) is 18.0. The summed E-state index contributed by atoms with van der Waals surface area (Å²) in [6.45, 7) is 4.27. The number of likely N-dealkylation sites (N-methyl/N-ethyl adjacent to an activating group) is 1. The molecule has 0 spiro atoms. The first-order valence-corrected chi connectivity index (χ1v) is 10.8. The molecular formula is C23H30N6O. The average Bonchev–Trinajstić information content (AvgIpc) is 3.35. The number of hydrazine groups is 1. The van der Waals surface area contributed by atoms with E-state index in [9.17, 15) is 4.79 Å². The maximum Gasteiger partial charge on any atom is 0.219 e. The van der Waals surface area contributed by atoms with E-state index in [4.69, 9.17) is 0 Å². The summed E-state index contributed by atoms with van der Waals surface area (Å²) >= 11 is 0. The summed E-state index contributed by atoms with van der Waals surface area (Å²) in [5.74, 6) is 0.962. The Morgan fingerprint density at radius 3 is 2.63 bits per heavy atom. The van der Waals surface area contributed by atoms with Gasteiger partial charge in [-0.15, -0.1) is 0 Å². The summed E-state index contributed by atoms with van der Waals surface area (Å²) in [7, 11) is 4.07. The van der Waals surface area contributed by atoms with Crippen molar-refractivity contribution in [1.29, 1.82) is 0 Å². The molecule has 3 aliphatic rings. The van der Waals surface area contributed by atoms with Crippen LogP contribution in [0.5, 0.6) is 0 Å². The van der Waals surface area contributed by atoms with Crippen molar-refractivity contribution in [1.82, 2.24) is 25.1 Å². The van der Waals surface area contributed by atoms with Crippen LogP contribution in [0, 0.1) is 5.92 Å². The zero-order chi connectivity index (χ0) is 20.8. The van der Waals surface area contributed by atoms with Gasteiger partial charge in [0.05, 0.1) is 6.20 Å². The fourth-order valence-electron chi connectivity index (χ4n) is 4.55. The van der Waals surface area contributed by atoms with E-state index in [0.29, 0.717) is 6.54 Å². The highest BCUT2D eigenvalue weighted by molar-refractivity contribution is 5.74. The summed E-state index contributed by atoms with van der Waals surface area (Å²) < 4.78 is 1.82. The van der Waals surface area contributed by atoms with Crippen molar-refractivity contribution in [3.8, 4) is 11.1 Å². The summed E-state index contributed by atoms with van der Waals surface area (Å²) in [5, 5.41) is 6.64. The van der Waals surface area contributed by atoms with Gasteiger partial charge in [0.15, 0.2) is 0 Å². The van der Waals surface area contributed by atoms with Crippen LogP contribution in [0.3, 0.4) is 0 Å². The molecule has 1 N–H and O–H groups in total. The number of nitrogens with one attached hydrogen (secondary N) is 1. The van der Waals surface area contributed by atoms with Crippen molar-refractivity contribution in [2.75, 3.05) is 31.6 Å². The lowest BCUT2D eigenvalue weighted by Gasteiger charge is -2.32. The first kappa shape index (κ1) is 19.2. The minimum Gasteiger partial charge on any atom is -0.354 e. The van der Waals surface area contributed by atoms with Crippen LogP contribution < -0.4 is 10.3 Å². The summed E-state index contributed by atoms with van der Waals surface area (Å²) in [4.78, 5) is 16.3. The number of anilines is 1. The Morgan fingerprint density at radius 1 is 1.23 bits per heavy atom. The molecule has 1 fully saturated rings. The van der Waals surface area contributed by atoms with Gasteiger partial charge >= 0.3 is 0 Å². The van der Waals surface area contributed by atoms with Crippen LogP contribution in [0.4, 0.5) is 5.69 Å². The van der Waals surface area contributed by atoms with Crippen molar-refractivity contribution < 1.29 is 4.79 Å². The van der Waals surface area contributed by atoms with Gasteiger partial charge in [-0.1, -0.05) is 12.1 Å². The molecular weight excluding hydrogens is 376 g/mol. The molecule has 30 heavy (non-hydrogen) atoms. The topological polar surface area (TPSA) is 56.6 Å². The number of amides is 1. The van der Waals surface area contributed by atoms with Gasteiger partial charge < -0.3 is 14.8 Å². The largest absolute Gasteiger partial charge is 0.354 e. The number of hydrogen-bond donors (Lipinski definition) is 1. The number of nitrogens with zero attached hydrogens (tertiary/aromatic N) is 5. The molecule has 1 aliphatic carbocycles. The molecule has 5 rings (SSSR count). The maximum atomic E-state index is 12.0. The third-order valence-electron chi connectivity index (χ3n) is 6.57. The first-order chi connectivity index (χ1) is 14.5. The second kappa shape index (κ2) is 7.47. The summed E-state index contributed by atoms with van der Waals surface area (Å²) in [6.07, 6.45) is 7.59. The lowest BCUT2D eigenvalue weighted by atomic mass is 10.0. The van der Waals surface area contributed by atoms with Gasteiger partial charge in [-0.25, -0.2) is 5.43 Å². The number of benzene rings is 1. The summed E-state index contributed by atoms with van der Waals surface area (Å²) in [6, 6.07) is 8.63. The number of carbonyl (C=O) groups excluding carboxylic acids is 1. The van der Waals surface area contributed by atoms with Gasteiger partial charge in [-0.3, -0.25) is 9.48 Å². The molecule has 1 amide bonds. The van der Waals surface area contributed by atoms with E-state index < -0.39 is 0 Å². The third kappa shape index (κ3) is 3.58. The smallest absolute Gasteiger partial charge is 0.219 e. The number of rotatable bonds is 5. The molecule has 1 aromatic carbocycles. The van der Waals surface area contributed by atoms with Crippen molar-refractivity contribution >= 4 is 11.6 Å². The molecule has 158 valence electrons. The Labute approximate surface area is 177 Å². The van der Waals surface area contributed by atoms with E-state index in [0.717, 1.165) is 42.2 Å². The van der Waals surface area contributed by atoms with E-state index in [1.807, 2.05) is 29.0 Å². The Kier molecular flexibility index (Phi) is 4.77. The van der Waals surface area contributed by atoms with Gasteiger partial charge in [-0.2, -0.15) is 5.10 Å². The molecule has 0 bridgehead atoms. The maximum absolute atomic E-state index is 12.0. The van der Waals surface area contributed by atoms with E-state index in [2.05, 4.69) is 51.7 Å². The highest BCUT2D eigenvalue weighted by atomic mass is 16.2. The van der Waals surface area contributed by atoms with E-state index in [1.54, 1.807) is 6.92 Å². The lowest BCUT2D eigenvalue weighted by molar-refractivity contribution is -0.128. The van der Waals surface area contributed by atoms with Crippen LogP contribution >= 0.6 is 0 Å². The minimum absolute atomic E-state index is 0.0742. The van der Waals surface area contributed by atoms with Gasteiger partial charge in [0.2, 0.25) is 5.91 Å². The molecule has 0 saturated heterocycles. The molecule has 2 aliphatic heterocycles. The molecule has 7 nitrogen and oxygen atoms in total. The number of aromatic nitrogens is 2. The van der Waals surface area contributed by atoms with E-state index in [1.165, 1.54) is 24.1 Å². The van der Waals surface area contributed by atoms with Crippen molar-refractivity contribution in [2.24, 2.45) is 13.0 Å². The van der Waals surface area contributed by atoms with Crippen molar-refractivity contribution in [2.45, 2.75) is 32.4 Å². The first-order valence-electron chi connectivity index (χ1n) is 10.8. The predicted molar refractivity (Wildman–Crippen MR) is 117 cm³/mol. The molecule has 7 heteroatoms. The number of aryl methyl sites for hydroxylation is 1. The third-order valence-corrected chi connectivity index (χ3v) is 6.57. The fraction of sp³-hybridized carbons (Fsp3) is 0.478. The molecule has 1 saturated carbocycles. The second-order valence-electron chi connectivity index (χ2n) is 8.81. The number of hydrogen-bond acceptors (Lipinski definition) is 5. The van der Waals surface area contributed by atoms with E-state index >= 15 is 0 Å². The molecule has 2 aromatic rings. The molecule has 1 aromatic heterocycles. The standard InChI is InChI=1S/C23H30N6O/c1-16(30)28-11-10-22-21(15-28)23(25-29(22)13-17-4-5-17)27(3)20-8-6-18(7-9-20)19-12-24-26(2)14-19/h6-9,12,14,17,23,25H,4-5,10-11,13,15H2,1-3H3. The minimum atomic E-state index is 0.0742. The Bertz CT molecular complexity index is 974. The molecule has 3 heterocycles. The van der Waals surface area contributed by atoms with Gasteiger partial charge in [0.1, 0.15) is 6.17 Å². The predicted octanol–water partition coefficient (Wildman–Crippen LogP) is 2.59. The highest BCUT2D eigenvalue weighted by Crippen LogP contribution is 2.36. The second-order valence-corrected chi connectivity index (χ2v) is 8.81. The normalized spacial score (nSPS) is 21.2. The van der Waals surface area contributed by atoms with Crippen LogP contribution in [0.2, 0.25) is 0 Å². The van der Waals surface area contributed by atoms with Crippen LogP contribution in [0.1, 0.15) is 26.2 Å². The quantitative estimate of drug-likeness (QED) is 0.827. The SMILES string of the molecule is CC(=O)N1CCC2=C(C1)C(N(C)c1ccc(-c3cnn(C)c3)cc1)NN2CC1CC1. The van der Waals surface area contributed by atoms with Crippen LogP contribution in [0.15, 0.2) is 47.9 Å². The Hall–Kier alpha value is -2.80. The lowest BCUT2D eigenvalue weighted by Crippen LogP contribution is -2.48. The zero-order valence-corrected chi connectivity index (χ0v) is 18.0. The monoisotopic (exact) mass is 406 g/mol. The van der Waals surface area contributed by atoms with E-state index in [-0.39, 0.29) is 12.1 Å².